The summed E-state index contributed by atoms with van der Waals surface area (Å²) in [5.74, 6) is -7.21. The zero-order chi connectivity index (χ0) is 69.3. The van der Waals surface area contributed by atoms with E-state index in [0.717, 1.165) is 29.9 Å². The summed E-state index contributed by atoms with van der Waals surface area (Å²) in [6.07, 6.45) is 3.69. The van der Waals surface area contributed by atoms with Gasteiger partial charge >= 0.3 is 18.1 Å². The first-order valence-electron chi connectivity index (χ1n) is 32.6. The molecule has 0 spiro atoms. The van der Waals surface area contributed by atoms with E-state index in [-0.39, 0.29) is 105 Å². The third-order valence-corrected chi connectivity index (χ3v) is 18.9. The molecule has 2 aromatic carbocycles. The molecule has 0 radical (unpaired) electrons. The van der Waals surface area contributed by atoms with Crippen molar-refractivity contribution in [3.8, 4) is 0 Å². The smallest absolute Gasteiger partial charge is 0.408 e. The maximum atomic E-state index is 14.9. The third kappa shape index (κ3) is 25.2. The number of urea groups is 1. The molecule has 25 heteroatoms. The van der Waals surface area contributed by atoms with Gasteiger partial charge in [-0.3, -0.25) is 43.3 Å². The molecule has 1 aliphatic heterocycles. The number of carboxylic acids is 1. The van der Waals surface area contributed by atoms with Crippen molar-refractivity contribution in [3.05, 3.63) is 75.7 Å². The minimum atomic E-state index is -1.02. The molecule has 93 heavy (non-hydrogen) atoms. The van der Waals surface area contributed by atoms with Crippen molar-refractivity contribution in [2.24, 2.45) is 47.2 Å². The van der Waals surface area contributed by atoms with Crippen LogP contribution in [0.5, 0.6) is 0 Å². The number of carboxylic acid groups (broad SMARTS) is 1. The van der Waals surface area contributed by atoms with E-state index in [9.17, 15) is 57.8 Å². The Balaban J connectivity index is 1.57. The minimum Gasteiger partial charge on any atom is -0.481 e. The van der Waals surface area contributed by atoms with Crippen molar-refractivity contribution in [1.82, 2.24) is 41.4 Å². The molecule has 514 valence electrons. The Labute approximate surface area is 552 Å². The summed E-state index contributed by atoms with van der Waals surface area (Å²) in [4.78, 5) is 154. The number of benzene rings is 2. The maximum Gasteiger partial charge on any atom is 0.408 e. The van der Waals surface area contributed by atoms with Crippen LogP contribution in [-0.4, -0.2) is 142 Å². The Bertz CT molecular complexity index is 3010. The van der Waals surface area contributed by atoms with E-state index in [1.54, 1.807) is 74.5 Å². The second kappa shape index (κ2) is 37.8. The second-order valence-electron chi connectivity index (χ2n) is 26.1. The Hall–Kier alpha value is -7.80. The van der Waals surface area contributed by atoms with Crippen LogP contribution in [0.4, 0.5) is 21.0 Å². The van der Waals surface area contributed by atoms with Gasteiger partial charge in [0.25, 0.3) is 5.91 Å². The number of ketones is 3. The largest absolute Gasteiger partial charge is 0.481 e. The molecule has 0 saturated carbocycles. The molecule has 2 heterocycles. The number of ether oxygens (including phenoxy) is 1. The first-order valence-corrected chi connectivity index (χ1v) is 33.5. The second-order valence-corrected chi connectivity index (χ2v) is 27.0. The van der Waals surface area contributed by atoms with Crippen LogP contribution in [0, 0.1) is 41.4 Å². The summed E-state index contributed by atoms with van der Waals surface area (Å²) in [5, 5.41) is 28.6. The molecule has 1 unspecified atom stereocenters. The lowest BCUT2D eigenvalue weighted by atomic mass is 9.80. The van der Waals surface area contributed by atoms with Crippen molar-refractivity contribution in [3.63, 3.8) is 0 Å². The van der Waals surface area contributed by atoms with Gasteiger partial charge in [-0.05, 0) is 138 Å². The highest BCUT2D eigenvalue weighted by molar-refractivity contribution is 7.10. The van der Waals surface area contributed by atoms with E-state index in [4.69, 9.17) is 21.2 Å². The van der Waals surface area contributed by atoms with Crippen LogP contribution in [-0.2, 0) is 56.1 Å². The Morgan fingerprint density at radius 3 is 2.00 bits per heavy atom. The quantitative estimate of drug-likeness (QED) is 0.0192. The molecule has 8 amide bonds. The van der Waals surface area contributed by atoms with Gasteiger partial charge in [-0.25, -0.2) is 14.6 Å². The van der Waals surface area contributed by atoms with Gasteiger partial charge in [-0.1, -0.05) is 85.6 Å². The van der Waals surface area contributed by atoms with Gasteiger partial charge in [-0.15, -0.1) is 11.3 Å². The van der Waals surface area contributed by atoms with Crippen LogP contribution in [0.15, 0.2) is 53.9 Å². The molecule has 1 fully saturated rings. The SMILES string of the molecule is CC[C@H](C)[C@H](CC(=O)[C@@]1(C)CCCN1C)C(=O)N(C)[C@H](C[C@@H](NC(=O)OCc1ccc(NC(=O)[C@H](CCCNC(N)=O)CC(=O)[C@@H](NC(=O)C(CCCCNC(C)=O)CC(C)=O)C(C)C)cc1)c1nc(C(=O)N[C@@H](Cc2ccc(N)cc2)C[C@H](C)C(=O)O)cs1)C(C)C. The number of nitrogens with zero attached hydrogens (tertiary/aromatic N) is 3. The van der Waals surface area contributed by atoms with E-state index >= 15 is 0 Å². The topological polar surface area (TPSA) is 361 Å². The fraction of sp³-hybridized carbons (Fsp3) is 0.618. The van der Waals surface area contributed by atoms with E-state index < -0.39 is 95.0 Å². The number of carbonyl (C=O) groups is 11. The summed E-state index contributed by atoms with van der Waals surface area (Å²) in [5.41, 5.74) is 12.8. The zero-order valence-electron chi connectivity index (χ0n) is 56.5. The molecule has 1 aliphatic rings. The van der Waals surface area contributed by atoms with Crippen LogP contribution in [0.3, 0.4) is 0 Å². The molecule has 1 aromatic heterocycles. The van der Waals surface area contributed by atoms with Crippen LogP contribution < -0.4 is 43.4 Å². The minimum absolute atomic E-state index is 0.0162. The van der Waals surface area contributed by atoms with Gasteiger partial charge in [0.2, 0.25) is 23.6 Å². The number of nitrogens with one attached hydrogen (secondary N) is 6. The highest BCUT2D eigenvalue weighted by Gasteiger charge is 2.44. The summed E-state index contributed by atoms with van der Waals surface area (Å²) < 4.78 is 5.81. The highest BCUT2D eigenvalue weighted by atomic mass is 32.1. The fourth-order valence-electron chi connectivity index (χ4n) is 11.8. The van der Waals surface area contributed by atoms with Crippen molar-refractivity contribution in [1.29, 1.82) is 0 Å². The van der Waals surface area contributed by atoms with Crippen LogP contribution in [0.25, 0.3) is 0 Å². The molecule has 1 saturated heterocycles. The highest BCUT2D eigenvalue weighted by Crippen LogP contribution is 2.35. The number of hydrogen-bond acceptors (Lipinski definition) is 16. The number of nitrogens with two attached hydrogens (primary N) is 2. The number of likely N-dealkylation sites (tertiary alicyclic amines) is 1. The number of anilines is 2. The number of rotatable bonds is 40. The lowest BCUT2D eigenvalue weighted by molar-refractivity contribution is -0.143. The molecule has 0 aliphatic carbocycles. The number of likely N-dealkylation sites (N-methyl/N-ethyl adjacent to an activating group) is 1. The number of unbranched alkanes of at least 4 members (excludes halogenated alkanes) is 1. The number of aromatic nitrogens is 1. The van der Waals surface area contributed by atoms with E-state index in [0.29, 0.717) is 67.0 Å². The standard InChI is InChI=1S/C68H103N11O13S/c1-13-42(6)53(36-58(83)68(10)28-17-31-78(68)11)64(87)79(12)56(40(2)3)37-54(63-75-55(39-93-63)62(86)74-52(32-43(7)65(88)89)34-46-20-24-50(69)25-21-46)76-67(91)92-38-47-22-26-51(27-23-47)73-60(84)49(19-16-30-72-66(70)90)35-57(82)59(41(4)5)77-61(85)48(33-44(8)80)18-14-15-29-71-45(9)81/h20-27,39-43,48-49,52-54,56,59H,13-19,28-38,69H2,1-12H3,(H,71,81)(H,73,84)(H,74,86)(H,76,91)(H,77,85)(H,88,89)(H3,70,72,90)/t42-,43-,48?,49+,52+,53-,54+,56+,59-,68+/m0/s1. The van der Waals surface area contributed by atoms with Gasteiger partial charge in [0.1, 0.15) is 23.1 Å². The molecule has 11 N–H and O–H groups in total. The summed E-state index contributed by atoms with van der Waals surface area (Å²) in [6, 6.07) is 9.77. The molecule has 3 aromatic rings. The first-order chi connectivity index (χ1) is 43.8. The Morgan fingerprint density at radius 2 is 1.42 bits per heavy atom. The molecule has 24 nitrogen and oxygen atoms in total. The third-order valence-electron chi connectivity index (χ3n) is 18.0. The van der Waals surface area contributed by atoms with Gasteiger partial charge in [0.05, 0.1) is 23.5 Å². The predicted molar refractivity (Wildman–Crippen MR) is 357 cm³/mol. The number of aliphatic carboxylic acids is 1. The molecular weight excluding hydrogens is 1210 g/mol. The van der Waals surface area contributed by atoms with Gasteiger partial charge in [-0.2, -0.15) is 0 Å². The summed E-state index contributed by atoms with van der Waals surface area (Å²) >= 11 is 1.12. The van der Waals surface area contributed by atoms with Gasteiger partial charge in [0.15, 0.2) is 11.6 Å². The van der Waals surface area contributed by atoms with Crippen molar-refractivity contribution >= 4 is 87.7 Å². The van der Waals surface area contributed by atoms with E-state index in [1.165, 1.54) is 13.8 Å². The van der Waals surface area contributed by atoms with E-state index in [1.807, 2.05) is 53.8 Å². The Morgan fingerprint density at radius 1 is 0.785 bits per heavy atom. The maximum absolute atomic E-state index is 14.9. The monoisotopic (exact) mass is 1310 g/mol. The number of alkyl carbamates (subject to hydrolysis) is 1. The average Bonchev–Trinajstić information content (AvgIpc) is 1.78. The summed E-state index contributed by atoms with van der Waals surface area (Å²) in [6.45, 7) is 18.8. The fourth-order valence-corrected chi connectivity index (χ4v) is 12.6. The molecular formula is C68H103N11O13S. The van der Waals surface area contributed by atoms with Crippen LogP contribution in [0.2, 0.25) is 0 Å². The first kappa shape index (κ1) is 77.6. The zero-order valence-corrected chi connectivity index (χ0v) is 57.3. The lowest BCUT2D eigenvalue weighted by Gasteiger charge is -2.38. The average molecular weight is 1310 g/mol. The molecule has 4 rings (SSSR count). The number of nitrogen functional groups attached to an aromatic ring is 1. The number of primary amides is 1. The predicted octanol–water partition coefficient (Wildman–Crippen LogP) is 8.13. The van der Waals surface area contributed by atoms with E-state index in [2.05, 4.69) is 36.8 Å². The number of thiazole rings is 1. The number of hydrogen-bond donors (Lipinski definition) is 9. The Kier molecular flexibility index (Phi) is 31.5. The molecule has 10 atom stereocenters. The van der Waals surface area contributed by atoms with Crippen molar-refractivity contribution in [2.75, 3.05) is 44.8 Å². The summed E-state index contributed by atoms with van der Waals surface area (Å²) in [7, 11) is 3.65. The van der Waals surface area contributed by atoms with Crippen molar-refractivity contribution in [2.45, 2.75) is 195 Å². The normalized spacial score (nSPS) is 16.9. The van der Waals surface area contributed by atoms with Gasteiger partial charge < -0.3 is 62.9 Å². The number of carbonyl (C=O) groups excluding carboxylic acids is 10. The van der Waals surface area contributed by atoms with Crippen LogP contribution in [0.1, 0.15) is 185 Å². The molecule has 0 bridgehead atoms. The van der Waals surface area contributed by atoms with Gasteiger partial charge in [0, 0.05) is 92.9 Å². The van der Waals surface area contributed by atoms with Crippen molar-refractivity contribution < 1.29 is 62.6 Å². The number of amides is 8. The van der Waals surface area contributed by atoms with Crippen LogP contribution >= 0.6 is 11.3 Å². The number of Topliss-reactive ketones (excluding diaryl/α,β-unsaturated/α-hetero) is 3. The lowest BCUT2D eigenvalue weighted by Crippen LogP contribution is -2.50.